The minimum absolute atomic E-state index is 0.716. The Labute approximate surface area is 91.6 Å². The molecule has 2 unspecified atom stereocenters. The second-order valence-corrected chi connectivity index (χ2v) is 5.16. The fraction of sp³-hybridized carbons (Fsp3) is 0.571. The summed E-state index contributed by atoms with van der Waals surface area (Å²) in [5, 5.41) is 0. The molecule has 0 fully saturated rings. The van der Waals surface area contributed by atoms with E-state index in [1.165, 1.54) is 37.1 Å². The second kappa shape index (κ2) is 3.26. The Morgan fingerprint density at radius 1 is 1.20 bits per heavy atom. The van der Waals surface area contributed by atoms with Crippen molar-refractivity contribution < 1.29 is 0 Å². The molecule has 1 nitrogen and oxygen atoms in total. The lowest BCUT2D eigenvalue weighted by Gasteiger charge is -2.26. The van der Waals surface area contributed by atoms with Crippen molar-refractivity contribution in [2.45, 2.75) is 45.4 Å². The van der Waals surface area contributed by atoms with Crippen LogP contribution in [0.25, 0.3) is 6.08 Å². The van der Waals surface area contributed by atoms with Crippen LogP contribution in [0.2, 0.25) is 0 Å². The van der Waals surface area contributed by atoms with E-state index in [0.29, 0.717) is 5.92 Å². The summed E-state index contributed by atoms with van der Waals surface area (Å²) in [6.07, 6.45) is 9.69. The molecule has 1 aromatic rings. The van der Waals surface area contributed by atoms with Crippen LogP contribution in [0.15, 0.2) is 6.08 Å². The molecule has 0 aromatic carbocycles. The molecule has 1 heterocycles. The lowest BCUT2D eigenvalue weighted by atomic mass is 9.79. The number of allylic oxidation sites excluding steroid dienone is 1. The molecule has 80 valence electrons. The van der Waals surface area contributed by atoms with Crippen molar-refractivity contribution in [2.75, 3.05) is 0 Å². The Morgan fingerprint density at radius 2 is 2.07 bits per heavy atom. The molecule has 1 N–H and O–H groups in total. The van der Waals surface area contributed by atoms with E-state index in [0.717, 1.165) is 5.92 Å². The first-order chi connectivity index (χ1) is 7.27. The molecular weight excluding hydrogens is 182 g/mol. The summed E-state index contributed by atoms with van der Waals surface area (Å²) >= 11 is 0. The molecule has 0 saturated heterocycles. The summed E-state index contributed by atoms with van der Waals surface area (Å²) in [5.74, 6) is 1.55. The Morgan fingerprint density at radius 3 is 2.93 bits per heavy atom. The lowest BCUT2D eigenvalue weighted by molar-refractivity contribution is 0.419. The summed E-state index contributed by atoms with van der Waals surface area (Å²) < 4.78 is 0. The predicted octanol–water partition coefficient (Wildman–Crippen LogP) is 3.66. The third-order valence-corrected chi connectivity index (χ3v) is 4.29. The molecule has 15 heavy (non-hydrogen) atoms. The van der Waals surface area contributed by atoms with Gasteiger partial charge in [-0.1, -0.05) is 19.9 Å². The van der Waals surface area contributed by atoms with Gasteiger partial charge in [0.1, 0.15) is 0 Å². The normalized spacial score (nSPS) is 28.7. The van der Waals surface area contributed by atoms with E-state index in [4.69, 9.17) is 0 Å². The second-order valence-electron chi connectivity index (χ2n) is 5.16. The summed E-state index contributed by atoms with van der Waals surface area (Å²) in [5.41, 5.74) is 6.20. The van der Waals surface area contributed by atoms with Gasteiger partial charge in [0.15, 0.2) is 0 Å². The highest BCUT2D eigenvalue weighted by Crippen LogP contribution is 2.39. The van der Waals surface area contributed by atoms with Crippen LogP contribution in [0.4, 0.5) is 0 Å². The number of H-pyrrole nitrogens is 1. The van der Waals surface area contributed by atoms with Gasteiger partial charge in [0, 0.05) is 11.4 Å². The maximum atomic E-state index is 3.65. The molecule has 0 amide bonds. The van der Waals surface area contributed by atoms with Crippen molar-refractivity contribution in [1.82, 2.24) is 4.98 Å². The minimum Gasteiger partial charge on any atom is -0.358 e. The molecular formula is C14H19N. The quantitative estimate of drug-likeness (QED) is 0.659. The number of aromatic amines is 1. The molecule has 0 spiro atoms. The van der Waals surface area contributed by atoms with Crippen molar-refractivity contribution in [1.29, 1.82) is 0 Å². The highest BCUT2D eigenvalue weighted by molar-refractivity contribution is 5.58. The SMILES string of the molecule is CC1CCc2c([nH]c3c2CCC=C3)C1C. The van der Waals surface area contributed by atoms with E-state index in [1.54, 1.807) is 11.1 Å². The third kappa shape index (κ3) is 1.29. The van der Waals surface area contributed by atoms with Crippen LogP contribution < -0.4 is 0 Å². The van der Waals surface area contributed by atoms with Crippen LogP contribution in [-0.4, -0.2) is 4.98 Å². The fourth-order valence-electron chi connectivity index (χ4n) is 3.06. The van der Waals surface area contributed by atoms with Crippen LogP contribution in [0.1, 0.15) is 55.1 Å². The highest BCUT2D eigenvalue weighted by atomic mass is 14.8. The molecule has 0 aliphatic heterocycles. The van der Waals surface area contributed by atoms with Gasteiger partial charge in [-0.25, -0.2) is 0 Å². The molecule has 2 aliphatic rings. The molecule has 0 radical (unpaired) electrons. The highest BCUT2D eigenvalue weighted by Gasteiger charge is 2.28. The van der Waals surface area contributed by atoms with Crippen molar-refractivity contribution >= 4 is 6.08 Å². The summed E-state index contributed by atoms with van der Waals surface area (Å²) in [7, 11) is 0. The van der Waals surface area contributed by atoms with E-state index in [-0.39, 0.29) is 0 Å². The topological polar surface area (TPSA) is 15.8 Å². The van der Waals surface area contributed by atoms with Gasteiger partial charge in [0.05, 0.1) is 0 Å². The Bertz CT molecular complexity index is 411. The number of fused-ring (bicyclic) bond motifs is 3. The Balaban J connectivity index is 2.12. The first kappa shape index (κ1) is 9.26. The van der Waals surface area contributed by atoms with Gasteiger partial charge in [-0.2, -0.15) is 0 Å². The number of hydrogen-bond donors (Lipinski definition) is 1. The van der Waals surface area contributed by atoms with Crippen LogP contribution in [0.3, 0.4) is 0 Å². The van der Waals surface area contributed by atoms with Crippen molar-refractivity contribution in [3.8, 4) is 0 Å². The van der Waals surface area contributed by atoms with E-state index in [1.807, 2.05) is 0 Å². The van der Waals surface area contributed by atoms with Crippen LogP contribution in [0.5, 0.6) is 0 Å². The number of nitrogens with one attached hydrogen (secondary N) is 1. The molecule has 2 atom stereocenters. The first-order valence-electron chi connectivity index (χ1n) is 6.17. The predicted molar refractivity (Wildman–Crippen MR) is 64.0 cm³/mol. The van der Waals surface area contributed by atoms with Gasteiger partial charge >= 0.3 is 0 Å². The lowest BCUT2D eigenvalue weighted by Crippen LogP contribution is -2.15. The van der Waals surface area contributed by atoms with Gasteiger partial charge in [-0.15, -0.1) is 0 Å². The van der Waals surface area contributed by atoms with E-state index >= 15 is 0 Å². The summed E-state index contributed by atoms with van der Waals surface area (Å²) in [4.78, 5) is 3.65. The van der Waals surface area contributed by atoms with Gasteiger partial charge < -0.3 is 4.98 Å². The fourth-order valence-corrected chi connectivity index (χ4v) is 3.06. The zero-order valence-electron chi connectivity index (χ0n) is 9.64. The van der Waals surface area contributed by atoms with E-state index in [9.17, 15) is 0 Å². The Hall–Kier alpha value is -0.980. The minimum atomic E-state index is 0.716. The maximum absolute atomic E-state index is 3.65. The smallest absolute Gasteiger partial charge is 0.0414 e. The average Bonchev–Trinajstić information content (AvgIpc) is 2.63. The zero-order valence-corrected chi connectivity index (χ0v) is 9.64. The summed E-state index contributed by atoms with van der Waals surface area (Å²) in [6, 6.07) is 0. The molecule has 3 rings (SSSR count). The maximum Gasteiger partial charge on any atom is 0.0414 e. The molecule has 2 aliphatic carbocycles. The Kier molecular flexibility index (Phi) is 2.01. The van der Waals surface area contributed by atoms with Gasteiger partial charge in [0.2, 0.25) is 0 Å². The monoisotopic (exact) mass is 201 g/mol. The van der Waals surface area contributed by atoms with E-state index in [2.05, 4.69) is 31.0 Å². The van der Waals surface area contributed by atoms with Gasteiger partial charge in [0.25, 0.3) is 0 Å². The van der Waals surface area contributed by atoms with Gasteiger partial charge in [-0.3, -0.25) is 0 Å². The number of aromatic nitrogens is 1. The number of rotatable bonds is 0. The largest absolute Gasteiger partial charge is 0.358 e. The van der Waals surface area contributed by atoms with Crippen molar-refractivity contribution in [3.05, 3.63) is 28.6 Å². The molecule has 0 bridgehead atoms. The van der Waals surface area contributed by atoms with Crippen LogP contribution in [0, 0.1) is 5.92 Å². The molecule has 1 aromatic heterocycles. The first-order valence-corrected chi connectivity index (χ1v) is 6.17. The van der Waals surface area contributed by atoms with Gasteiger partial charge in [-0.05, 0) is 54.7 Å². The van der Waals surface area contributed by atoms with E-state index < -0.39 is 0 Å². The number of hydrogen-bond acceptors (Lipinski definition) is 0. The summed E-state index contributed by atoms with van der Waals surface area (Å²) in [6.45, 7) is 4.75. The molecule has 1 heteroatoms. The molecule has 0 saturated carbocycles. The van der Waals surface area contributed by atoms with Crippen molar-refractivity contribution in [2.24, 2.45) is 5.92 Å². The van der Waals surface area contributed by atoms with Crippen LogP contribution >= 0.6 is 0 Å². The average molecular weight is 201 g/mol. The van der Waals surface area contributed by atoms with Crippen molar-refractivity contribution in [3.63, 3.8) is 0 Å². The standard InChI is InChI=1S/C14H19N/c1-9-7-8-12-11-5-3-4-6-13(11)15-14(12)10(9)2/h4,6,9-10,15H,3,5,7-8H2,1-2H3. The third-order valence-electron chi connectivity index (χ3n) is 4.29. The zero-order chi connectivity index (χ0) is 10.4. The van der Waals surface area contributed by atoms with Crippen LogP contribution in [-0.2, 0) is 12.8 Å².